The standard InChI is InChI=1S/C14H22ClNS/c1-11(6-5-9-16-14(2,3)4)10-12-7-8-13(15)17-12/h6-8,16H,5,9-10H2,1-4H3. The van der Waals surface area contributed by atoms with Gasteiger partial charge in [0, 0.05) is 16.8 Å². The Balaban J connectivity index is 2.30. The third kappa shape index (κ3) is 6.87. The number of nitrogens with one attached hydrogen (secondary N) is 1. The van der Waals surface area contributed by atoms with Crippen LogP contribution in [-0.4, -0.2) is 12.1 Å². The van der Waals surface area contributed by atoms with E-state index in [2.05, 4.69) is 45.2 Å². The molecule has 0 saturated heterocycles. The number of hydrogen-bond donors (Lipinski definition) is 1. The number of thiophene rings is 1. The van der Waals surface area contributed by atoms with Gasteiger partial charge in [0.2, 0.25) is 0 Å². The first-order chi connectivity index (χ1) is 7.87. The minimum atomic E-state index is 0.211. The van der Waals surface area contributed by atoms with Crippen LogP contribution >= 0.6 is 22.9 Å². The molecule has 1 aromatic heterocycles. The second-order valence-corrected chi connectivity index (χ2v) is 7.20. The minimum absolute atomic E-state index is 0.211. The van der Waals surface area contributed by atoms with Crippen LogP contribution < -0.4 is 5.32 Å². The lowest BCUT2D eigenvalue weighted by molar-refractivity contribution is 0.431. The van der Waals surface area contributed by atoms with Gasteiger partial charge in [0.15, 0.2) is 0 Å². The van der Waals surface area contributed by atoms with E-state index in [4.69, 9.17) is 11.6 Å². The third-order valence-electron chi connectivity index (χ3n) is 2.37. The Labute approximate surface area is 114 Å². The predicted molar refractivity (Wildman–Crippen MR) is 79.2 cm³/mol. The Morgan fingerprint density at radius 2 is 2.12 bits per heavy atom. The molecule has 3 heteroatoms. The zero-order valence-corrected chi connectivity index (χ0v) is 12.7. The van der Waals surface area contributed by atoms with Crippen molar-refractivity contribution in [2.45, 2.75) is 46.1 Å². The molecule has 1 nitrogen and oxygen atoms in total. The largest absolute Gasteiger partial charge is 0.312 e. The summed E-state index contributed by atoms with van der Waals surface area (Å²) in [4.78, 5) is 1.34. The first-order valence-corrected chi connectivity index (χ1v) is 7.21. The quantitative estimate of drug-likeness (QED) is 0.606. The molecular formula is C14H22ClNS. The van der Waals surface area contributed by atoms with E-state index in [1.165, 1.54) is 10.5 Å². The van der Waals surface area contributed by atoms with E-state index in [0.29, 0.717) is 0 Å². The van der Waals surface area contributed by atoms with E-state index in [0.717, 1.165) is 23.7 Å². The summed E-state index contributed by atoms with van der Waals surface area (Å²) in [5.74, 6) is 0. The van der Waals surface area contributed by atoms with Crippen LogP contribution in [-0.2, 0) is 6.42 Å². The Bertz CT molecular complexity index is 374. The maximum atomic E-state index is 5.91. The Morgan fingerprint density at radius 1 is 1.41 bits per heavy atom. The van der Waals surface area contributed by atoms with Crippen LogP contribution in [0.4, 0.5) is 0 Å². The molecule has 0 fully saturated rings. The summed E-state index contributed by atoms with van der Waals surface area (Å²) in [6.45, 7) is 9.79. The van der Waals surface area contributed by atoms with E-state index in [1.807, 2.05) is 6.07 Å². The van der Waals surface area contributed by atoms with Crippen molar-refractivity contribution in [3.63, 3.8) is 0 Å². The van der Waals surface area contributed by atoms with Gasteiger partial charge in [0.25, 0.3) is 0 Å². The molecule has 1 heterocycles. The fraction of sp³-hybridized carbons (Fsp3) is 0.571. The Morgan fingerprint density at radius 3 is 2.65 bits per heavy atom. The fourth-order valence-corrected chi connectivity index (χ4v) is 2.74. The molecule has 0 aliphatic carbocycles. The summed E-state index contributed by atoms with van der Waals surface area (Å²) >= 11 is 7.58. The summed E-state index contributed by atoms with van der Waals surface area (Å²) in [6.07, 6.45) is 4.42. The molecule has 0 bridgehead atoms. The molecule has 0 unspecified atom stereocenters. The summed E-state index contributed by atoms with van der Waals surface area (Å²) in [7, 11) is 0. The molecule has 0 saturated carbocycles. The lowest BCUT2D eigenvalue weighted by Crippen LogP contribution is -2.36. The molecular weight excluding hydrogens is 250 g/mol. The van der Waals surface area contributed by atoms with E-state index < -0.39 is 0 Å². The maximum absolute atomic E-state index is 5.91. The first kappa shape index (κ1) is 14.7. The molecule has 0 radical (unpaired) electrons. The van der Waals surface area contributed by atoms with Crippen molar-refractivity contribution < 1.29 is 0 Å². The van der Waals surface area contributed by atoms with Gasteiger partial charge in [-0.3, -0.25) is 0 Å². The van der Waals surface area contributed by atoms with Crippen LogP contribution in [0.3, 0.4) is 0 Å². The number of rotatable bonds is 5. The summed E-state index contributed by atoms with van der Waals surface area (Å²) in [5.41, 5.74) is 1.63. The highest BCUT2D eigenvalue weighted by atomic mass is 35.5. The molecule has 0 aliphatic heterocycles. The average molecular weight is 272 g/mol. The second-order valence-electron chi connectivity index (χ2n) is 5.40. The van der Waals surface area contributed by atoms with Gasteiger partial charge < -0.3 is 5.32 Å². The smallest absolute Gasteiger partial charge is 0.0931 e. The average Bonchev–Trinajstić information content (AvgIpc) is 2.57. The monoisotopic (exact) mass is 271 g/mol. The van der Waals surface area contributed by atoms with Crippen molar-refractivity contribution in [2.24, 2.45) is 0 Å². The highest BCUT2D eigenvalue weighted by molar-refractivity contribution is 7.16. The van der Waals surface area contributed by atoms with Gasteiger partial charge in [-0.05, 0) is 52.8 Å². The molecule has 1 aromatic rings. The molecule has 1 N–H and O–H groups in total. The van der Waals surface area contributed by atoms with Gasteiger partial charge in [-0.2, -0.15) is 0 Å². The van der Waals surface area contributed by atoms with Gasteiger partial charge >= 0.3 is 0 Å². The molecule has 0 spiro atoms. The van der Waals surface area contributed by atoms with Crippen LogP contribution in [0, 0.1) is 0 Å². The second kappa shape index (κ2) is 6.58. The molecule has 0 amide bonds. The lowest BCUT2D eigenvalue weighted by atomic mass is 10.1. The Kier molecular flexibility index (Phi) is 5.71. The van der Waals surface area contributed by atoms with Crippen LogP contribution in [0.25, 0.3) is 0 Å². The summed E-state index contributed by atoms with van der Waals surface area (Å²) < 4.78 is 0.877. The summed E-state index contributed by atoms with van der Waals surface area (Å²) in [6, 6.07) is 4.08. The topological polar surface area (TPSA) is 12.0 Å². The van der Waals surface area contributed by atoms with Gasteiger partial charge in [-0.1, -0.05) is 23.3 Å². The van der Waals surface area contributed by atoms with Gasteiger partial charge in [0.05, 0.1) is 4.34 Å². The van der Waals surface area contributed by atoms with Crippen molar-refractivity contribution >= 4 is 22.9 Å². The van der Waals surface area contributed by atoms with E-state index in [1.54, 1.807) is 11.3 Å². The lowest BCUT2D eigenvalue weighted by Gasteiger charge is -2.19. The molecule has 17 heavy (non-hydrogen) atoms. The normalized spacial score (nSPS) is 13.1. The van der Waals surface area contributed by atoms with Gasteiger partial charge in [-0.15, -0.1) is 11.3 Å². The van der Waals surface area contributed by atoms with Crippen molar-refractivity contribution in [1.29, 1.82) is 0 Å². The summed E-state index contributed by atoms with van der Waals surface area (Å²) in [5, 5.41) is 3.48. The van der Waals surface area contributed by atoms with E-state index in [-0.39, 0.29) is 5.54 Å². The Hall–Kier alpha value is -0.310. The van der Waals surface area contributed by atoms with Crippen molar-refractivity contribution in [3.05, 3.63) is 33.0 Å². The van der Waals surface area contributed by atoms with E-state index in [9.17, 15) is 0 Å². The third-order valence-corrected chi connectivity index (χ3v) is 3.61. The zero-order chi connectivity index (χ0) is 12.9. The van der Waals surface area contributed by atoms with Crippen LogP contribution in [0.1, 0.15) is 39.0 Å². The molecule has 0 aliphatic rings. The minimum Gasteiger partial charge on any atom is -0.312 e. The molecule has 0 aromatic carbocycles. The predicted octanol–water partition coefficient (Wildman–Crippen LogP) is 4.67. The highest BCUT2D eigenvalue weighted by Crippen LogP contribution is 2.23. The molecule has 96 valence electrons. The van der Waals surface area contributed by atoms with Gasteiger partial charge in [-0.25, -0.2) is 0 Å². The highest BCUT2D eigenvalue weighted by Gasteiger charge is 2.06. The number of hydrogen-bond acceptors (Lipinski definition) is 2. The number of allylic oxidation sites excluding steroid dienone is 1. The van der Waals surface area contributed by atoms with E-state index >= 15 is 0 Å². The zero-order valence-electron chi connectivity index (χ0n) is 11.1. The SMILES string of the molecule is CC(=CCCNC(C)(C)C)Cc1ccc(Cl)s1. The first-order valence-electron chi connectivity index (χ1n) is 6.02. The van der Waals surface area contributed by atoms with Crippen molar-refractivity contribution in [3.8, 4) is 0 Å². The maximum Gasteiger partial charge on any atom is 0.0931 e. The fourth-order valence-electron chi connectivity index (χ4n) is 1.56. The molecule has 0 atom stereocenters. The number of halogens is 1. The van der Waals surface area contributed by atoms with Gasteiger partial charge in [0.1, 0.15) is 0 Å². The molecule has 1 rings (SSSR count). The van der Waals surface area contributed by atoms with Crippen LogP contribution in [0.15, 0.2) is 23.8 Å². The van der Waals surface area contributed by atoms with Crippen molar-refractivity contribution in [1.82, 2.24) is 5.32 Å². The van der Waals surface area contributed by atoms with Crippen LogP contribution in [0.5, 0.6) is 0 Å². The van der Waals surface area contributed by atoms with Crippen LogP contribution in [0.2, 0.25) is 4.34 Å². The van der Waals surface area contributed by atoms with Crippen molar-refractivity contribution in [2.75, 3.05) is 6.54 Å².